The summed E-state index contributed by atoms with van der Waals surface area (Å²) < 4.78 is 17.0. The van der Waals surface area contributed by atoms with Crippen LogP contribution in [-0.2, 0) is 14.2 Å². The fourth-order valence-electron chi connectivity index (χ4n) is 2.59. The molecule has 0 aromatic rings. The predicted octanol–water partition coefficient (Wildman–Crippen LogP) is 1.16. The molecule has 140 valence electrons. The molecule has 5 unspecified atom stereocenters. The Kier molecular flexibility index (Phi) is 12.9. The van der Waals surface area contributed by atoms with Gasteiger partial charge in [0.15, 0.2) is 6.29 Å². The van der Waals surface area contributed by atoms with E-state index in [-0.39, 0.29) is 25.9 Å². The first kappa shape index (κ1) is 23.4. The summed E-state index contributed by atoms with van der Waals surface area (Å²) >= 11 is 1.78. The smallest absolute Gasteiger partial charge is 0.186 e. The Hall–Kier alpha value is 0.400. The quantitative estimate of drug-likeness (QED) is 0.576. The van der Waals surface area contributed by atoms with Gasteiger partial charge in [0.1, 0.15) is 18.3 Å². The SMILES string of the molecule is C.Cl.NCCCCCSCC1OC2OCCCOC1C(O)C2O. The number of unbranched alkanes of at least 4 members (excludes halogenated alkanes) is 2. The molecular formula is C15H32ClNO5S. The van der Waals surface area contributed by atoms with Gasteiger partial charge in [-0.3, -0.25) is 0 Å². The van der Waals surface area contributed by atoms with Crippen LogP contribution in [0.1, 0.15) is 33.1 Å². The summed E-state index contributed by atoms with van der Waals surface area (Å²) in [5, 5.41) is 20.2. The molecule has 2 bridgehead atoms. The van der Waals surface area contributed by atoms with E-state index in [1.165, 1.54) is 0 Å². The molecule has 0 aromatic carbocycles. The maximum atomic E-state index is 10.2. The molecule has 23 heavy (non-hydrogen) atoms. The van der Waals surface area contributed by atoms with Crippen LogP contribution in [0.25, 0.3) is 0 Å². The molecule has 4 N–H and O–H groups in total. The first-order chi connectivity index (χ1) is 10.2. The van der Waals surface area contributed by atoms with Crippen molar-refractivity contribution in [1.82, 2.24) is 0 Å². The van der Waals surface area contributed by atoms with Crippen LogP contribution in [0.2, 0.25) is 0 Å². The lowest BCUT2D eigenvalue weighted by Gasteiger charge is -2.41. The summed E-state index contributed by atoms with van der Waals surface area (Å²) in [6.07, 6.45) is 0.611. The molecule has 8 heteroatoms. The third-order valence-corrected chi connectivity index (χ3v) is 4.94. The van der Waals surface area contributed by atoms with Crippen molar-refractivity contribution >= 4 is 24.2 Å². The van der Waals surface area contributed by atoms with E-state index in [1.807, 2.05) is 0 Å². The molecule has 6 nitrogen and oxygen atoms in total. The van der Waals surface area contributed by atoms with Gasteiger partial charge in [-0.15, -0.1) is 12.4 Å². The Morgan fingerprint density at radius 2 is 1.78 bits per heavy atom. The van der Waals surface area contributed by atoms with Crippen molar-refractivity contribution < 1.29 is 24.4 Å². The molecule has 0 amide bonds. The highest BCUT2D eigenvalue weighted by molar-refractivity contribution is 7.99. The molecule has 5 atom stereocenters. The first-order valence-electron chi connectivity index (χ1n) is 7.76. The van der Waals surface area contributed by atoms with Gasteiger partial charge < -0.3 is 30.2 Å². The third kappa shape index (κ3) is 7.04. The molecule has 3 saturated heterocycles. The van der Waals surface area contributed by atoms with Crippen LogP contribution in [0.3, 0.4) is 0 Å². The highest BCUT2D eigenvalue weighted by atomic mass is 35.5. The lowest BCUT2D eigenvalue weighted by Crippen LogP contribution is -2.59. The zero-order valence-electron chi connectivity index (χ0n) is 12.8. The van der Waals surface area contributed by atoms with Crippen molar-refractivity contribution in [3.63, 3.8) is 0 Å². The van der Waals surface area contributed by atoms with E-state index in [2.05, 4.69) is 0 Å². The highest BCUT2D eigenvalue weighted by Gasteiger charge is 2.46. The van der Waals surface area contributed by atoms with E-state index < -0.39 is 24.6 Å². The van der Waals surface area contributed by atoms with E-state index in [9.17, 15) is 10.2 Å². The normalized spacial score (nSPS) is 33.8. The fraction of sp³-hybridized carbons (Fsp3) is 1.00. The van der Waals surface area contributed by atoms with E-state index in [1.54, 1.807) is 11.8 Å². The zero-order valence-corrected chi connectivity index (χ0v) is 14.4. The van der Waals surface area contributed by atoms with Gasteiger partial charge in [0.05, 0.1) is 12.7 Å². The Balaban J connectivity index is 0.00000242. The van der Waals surface area contributed by atoms with Gasteiger partial charge >= 0.3 is 0 Å². The molecule has 3 aliphatic rings. The Morgan fingerprint density at radius 1 is 1.04 bits per heavy atom. The summed E-state index contributed by atoms with van der Waals surface area (Å²) in [4.78, 5) is 0. The fourth-order valence-corrected chi connectivity index (χ4v) is 3.66. The largest absolute Gasteiger partial charge is 0.387 e. The van der Waals surface area contributed by atoms with E-state index >= 15 is 0 Å². The number of halogens is 1. The zero-order chi connectivity index (χ0) is 15.1. The second-order valence-corrected chi connectivity index (χ2v) is 6.66. The summed E-state index contributed by atoms with van der Waals surface area (Å²) in [5.74, 6) is 1.77. The minimum atomic E-state index is -1.04. The van der Waals surface area contributed by atoms with Gasteiger partial charge in [0, 0.05) is 12.4 Å². The highest BCUT2D eigenvalue weighted by Crippen LogP contribution is 2.28. The van der Waals surface area contributed by atoms with Crippen LogP contribution in [-0.4, -0.2) is 72.2 Å². The maximum Gasteiger partial charge on any atom is 0.186 e. The number of thioether (sulfide) groups is 1. The van der Waals surface area contributed by atoms with Crippen LogP contribution in [0, 0.1) is 0 Å². The number of ether oxygens (including phenoxy) is 3. The van der Waals surface area contributed by atoms with Gasteiger partial charge in [-0.2, -0.15) is 11.8 Å². The van der Waals surface area contributed by atoms with E-state index in [0.717, 1.165) is 43.7 Å². The third-order valence-electron chi connectivity index (χ3n) is 3.80. The second kappa shape index (κ2) is 12.7. The van der Waals surface area contributed by atoms with Crippen molar-refractivity contribution in [2.75, 3.05) is 31.3 Å². The Morgan fingerprint density at radius 3 is 2.52 bits per heavy atom. The molecule has 3 aliphatic heterocycles. The van der Waals surface area contributed by atoms with Crippen molar-refractivity contribution in [2.45, 2.75) is 63.8 Å². The van der Waals surface area contributed by atoms with Crippen molar-refractivity contribution in [1.29, 1.82) is 0 Å². The number of hydrogen-bond donors (Lipinski definition) is 3. The van der Waals surface area contributed by atoms with Crippen LogP contribution in [0.4, 0.5) is 0 Å². The Bertz CT molecular complexity index is 301. The molecule has 3 heterocycles. The molecule has 0 aliphatic carbocycles. The van der Waals surface area contributed by atoms with Crippen molar-refractivity contribution in [2.24, 2.45) is 5.73 Å². The molecule has 0 aromatic heterocycles. The van der Waals surface area contributed by atoms with Gasteiger partial charge in [0.25, 0.3) is 0 Å². The van der Waals surface area contributed by atoms with Gasteiger partial charge in [-0.05, 0) is 31.6 Å². The average Bonchev–Trinajstić information content (AvgIpc) is 2.62. The number of aliphatic hydroxyl groups is 2. The molecule has 0 radical (unpaired) electrons. The van der Waals surface area contributed by atoms with Crippen molar-refractivity contribution in [3.8, 4) is 0 Å². The summed E-state index contributed by atoms with van der Waals surface area (Å²) in [5.41, 5.74) is 5.47. The van der Waals surface area contributed by atoms with Crippen molar-refractivity contribution in [3.05, 3.63) is 0 Å². The second-order valence-electron chi connectivity index (χ2n) is 5.51. The number of rotatable bonds is 7. The molecule has 3 fully saturated rings. The summed E-state index contributed by atoms with van der Waals surface area (Å²) in [6.45, 7) is 1.73. The molecule has 0 saturated carbocycles. The maximum absolute atomic E-state index is 10.2. The number of hydrogen-bond acceptors (Lipinski definition) is 7. The van der Waals surface area contributed by atoms with E-state index in [0.29, 0.717) is 13.2 Å². The summed E-state index contributed by atoms with van der Waals surface area (Å²) in [6, 6.07) is 0. The number of fused-ring (bicyclic) bond motifs is 6. The minimum absolute atomic E-state index is 0. The standard InChI is InChI=1S/C14H27NO5S.CH4.ClH/c15-5-2-1-3-8-21-9-10-13-11(16)12(17)14(20-10)19-7-4-6-18-13;;/h10-14,16-17H,1-9,15H2;1H4;1H. The summed E-state index contributed by atoms with van der Waals surface area (Å²) in [7, 11) is 0. The topological polar surface area (TPSA) is 94.2 Å². The molecular weight excluding hydrogens is 342 g/mol. The van der Waals surface area contributed by atoms with Crippen LogP contribution < -0.4 is 5.73 Å². The van der Waals surface area contributed by atoms with Gasteiger partial charge in [0.2, 0.25) is 0 Å². The predicted molar refractivity (Wildman–Crippen MR) is 95.2 cm³/mol. The number of aliphatic hydroxyl groups excluding tert-OH is 2. The molecule has 0 spiro atoms. The lowest BCUT2D eigenvalue weighted by molar-refractivity contribution is -0.289. The average molecular weight is 374 g/mol. The van der Waals surface area contributed by atoms with Crippen LogP contribution in [0.5, 0.6) is 0 Å². The first-order valence-corrected chi connectivity index (χ1v) is 8.92. The van der Waals surface area contributed by atoms with E-state index in [4.69, 9.17) is 19.9 Å². The number of nitrogens with two attached hydrogens (primary N) is 1. The van der Waals surface area contributed by atoms with Gasteiger partial charge in [-0.1, -0.05) is 13.8 Å². The van der Waals surface area contributed by atoms with Crippen LogP contribution in [0.15, 0.2) is 0 Å². The lowest BCUT2D eigenvalue weighted by atomic mass is 10.00. The minimum Gasteiger partial charge on any atom is -0.387 e. The van der Waals surface area contributed by atoms with Gasteiger partial charge in [-0.25, -0.2) is 0 Å². The molecule has 3 rings (SSSR count). The van der Waals surface area contributed by atoms with Crippen LogP contribution >= 0.6 is 24.2 Å². The monoisotopic (exact) mass is 373 g/mol. The Labute approximate surface area is 149 Å².